The third-order valence-corrected chi connectivity index (χ3v) is 8.10. The summed E-state index contributed by atoms with van der Waals surface area (Å²) in [6.45, 7) is 4.39. The molecule has 0 fully saturated rings. The molecule has 1 atom stereocenters. The molecule has 0 unspecified atom stereocenters. The van der Waals surface area contributed by atoms with Gasteiger partial charge in [0.1, 0.15) is 23.0 Å². The SMILES string of the molecule is CC(C)OC(=O)c1cc(-c2nn(C)c(C(F)(F)F)c2Br)c(F)cc1Cl.C[C@H](OC(=O)c1cc(Oc2ccc(C(F)(F)F)cc2Cl)ccc1Cl)C(=O)O. The molecule has 3 aromatic carbocycles. The van der Waals surface area contributed by atoms with Crippen LogP contribution in [0, 0.1) is 5.82 Å². The van der Waals surface area contributed by atoms with Crippen molar-refractivity contribution in [3.63, 3.8) is 0 Å². The maximum Gasteiger partial charge on any atom is 0.434 e. The molecule has 0 saturated carbocycles. The average molecular weight is 867 g/mol. The van der Waals surface area contributed by atoms with Gasteiger partial charge in [-0.05, 0) is 85.2 Å². The van der Waals surface area contributed by atoms with Crippen molar-refractivity contribution < 1.29 is 64.4 Å². The van der Waals surface area contributed by atoms with Crippen LogP contribution in [0.5, 0.6) is 11.5 Å². The van der Waals surface area contributed by atoms with Gasteiger partial charge in [0.25, 0.3) is 0 Å². The van der Waals surface area contributed by atoms with Crippen LogP contribution in [0.4, 0.5) is 30.7 Å². The van der Waals surface area contributed by atoms with Crippen LogP contribution in [0.3, 0.4) is 0 Å². The molecule has 0 spiro atoms. The van der Waals surface area contributed by atoms with Gasteiger partial charge >= 0.3 is 30.3 Å². The summed E-state index contributed by atoms with van der Waals surface area (Å²) in [6.07, 6.45) is -11.1. The van der Waals surface area contributed by atoms with Gasteiger partial charge in [-0.15, -0.1) is 0 Å². The van der Waals surface area contributed by atoms with Crippen LogP contribution in [0.2, 0.25) is 15.1 Å². The van der Waals surface area contributed by atoms with E-state index in [1.54, 1.807) is 13.8 Å². The number of alkyl halides is 6. The second-order valence-electron chi connectivity index (χ2n) is 10.7. The van der Waals surface area contributed by atoms with Gasteiger partial charge in [0, 0.05) is 12.6 Å². The van der Waals surface area contributed by atoms with E-state index in [2.05, 4.69) is 21.0 Å². The monoisotopic (exact) mass is 864 g/mol. The maximum atomic E-state index is 14.3. The van der Waals surface area contributed by atoms with E-state index in [0.717, 1.165) is 44.3 Å². The molecule has 9 nitrogen and oxygen atoms in total. The Morgan fingerprint density at radius 1 is 0.827 bits per heavy atom. The van der Waals surface area contributed by atoms with Crippen molar-refractivity contribution in [3.05, 3.63) is 96.3 Å². The van der Waals surface area contributed by atoms with E-state index in [0.29, 0.717) is 10.7 Å². The number of carboxylic acids is 1. The number of hydrogen-bond donors (Lipinski definition) is 1. The Morgan fingerprint density at radius 3 is 1.94 bits per heavy atom. The lowest BCUT2D eigenvalue weighted by Crippen LogP contribution is -2.23. The van der Waals surface area contributed by atoms with Crippen molar-refractivity contribution in [1.82, 2.24) is 9.78 Å². The van der Waals surface area contributed by atoms with E-state index in [1.807, 2.05) is 0 Å². The minimum absolute atomic E-state index is 0.0246. The molecule has 52 heavy (non-hydrogen) atoms. The lowest BCUT2D eigenvalue weighted by atomic mass is 10.1. The molecule has 0 amide bonds. The van der Waals surface area contributed by atoms with Crippen LogP contribution in [0.15, 0.2) is 53.0 Å². The first kappa shape index (κ1) is 42.4. The fourth-order valence-corrected chi connectivity index (χ4v) is 5.44. The van der Waals surface area contributed by atoms with Crippen LogP contribution in [0.25, 0.3) is 11.3 Å². The van der Waals surface area contributed by atoms with E-state index in [4.69, 9.17) is 54.1 Å². The highest BCUT2D eigenvalue weighted by atomic mass is 79.9. The van der Waals surface area contributed by atoms with Crippen LogP contribution < -0.4 is 4.74 Å². The summed E-state index contributed by atoms with van der Waals surface area (Å²) in [6, 6.07) is 8.19. The van der Waals surface area contributed by atoms with Crippen LogP contribution in [-0.4, -0.2) is 45.0 Å². The molecule has 1 aromatic heterocycles. The molecule has 0 aliphatic rings. The number of aromatic nitrogens is 2. The van der Waals surface area contributed by atoms with Crippen molar-refractivity contribution in [2.24, 2.45) is 7.05 Å². The molecular weight excluding hydrogens is 844 g/mol. The lowest BCUT2D eigenvalue weighted by molar-refractivity contribution is -0.146. The molecule has 20 heteroatoms. The summed E-state index contributed by atoms with van der Waals surface area (Å²) < 4.78 is 107. The fraction of sp³-hybridized carbons (Fsp3) is 0.250. The van der Waals surface area contributed by atoms with E-state index in [9.17, 15) is 45.1 Å². The van der Waals surface area contributed by atoms with E-state index >= 15 is 0 Å². The zero-order chi connectivity index (χ0) is 39.5. The highest BCUT2D eigenvalue weighted by molar-refractivity contribution is 9.10. The van der Waals surface area contributed by atoms with Gasteiger partial charge < -0.3 is 19.3 Å². The van der Waals surface area contributed by atoms with Crippen molar-refractivity contribution in [3.8, 4) is 22.8 Å². The number of ether oxygens (including phenoxy) is 3. The molecule has 1 N–H and O–H groups in total. The van der Waals surface area contributed by atoms with Crippen LogP contribution in [-0.2, 0) is 33.7 Å². The molecule has 280 valence electrons. The Morgan fingerprint density at radius 2 is 1.42 bits per heavy atom. The summed E-state index contributed by atoms with van der Waals surface area (Å²) in [4.78, 5) is 34.8. The summed E-state index contributed by atoms with van der Waals surface area (Å²) in [5, 5.41) is 12.0. The Bertz CT molecular complexity index is 2000. The molecule has 1 heterocycles. The molecule has 0 aliphatic heterocycles. The number of aryl methyl sites for hydroxylation is 1. The minimum atomic E-state index is -4.69. The number of halogens is 11. The molecule has 4 rings (SSSR count). The third kappa shape index (κ3) is 10.5. The maximum absolute atomic E-state index is 14.3. The second-order valence-corrected chi connectivity index (χ2v) is 12.7. The molecule has 0 radical (unpaired) electrons. The Balaban J connectivity index is 0.000000281. The van der Waals surface area contributed by atoms with Gasteiger partial charge in [-0.25, -0.2) is 18.8 Å². The number of aliphatic carboxylic acids is 1. The zero-order valence-corrected chi connectivity index (χ0v) is 30.6. The Hall–Kier alpha value is -4.06. The number of rotatable bonds is 8. The first-order valence-corrected chi connectivity index (χ1v) is 16.1. The number of esters is 2. The Kier molecular flexibility index (Phi) is 13.6. The standard InChI is InChI=1S/C17H11Cl2F3O5.C15H12BrClF4N2O2/c1-8(15(23)24)26-16(25)11-7-10(3-4-12(11)18)27-14-5-2-9(6-13(14)19)17(20,21)22;1-6(2)25-14(24)7-4-8(10(18)5-9(7)17)12-11(16)13(15(19,20)21)23(3)22-12/h2-8H,1H3,(H,23,24);4-6H,1-3H3/t8-;/m0./s1. The van der Waals surface area contributed by atoms with Crippen molar-refractivity contribution in [1.29, 1.82) is 0 Å². The first-order chi connectivity index (χ1) is 23.9. The van der Waals surface area contributed by atoms with Gasteiger partial charge in [-0.3, -0.25) is 4.68 Å². The number of nitrogens with zero attached hydrogens (tertiary/aromatic N) is 2. The summed E-state index contributed by atoms with van der Waals surface area (Å²) in [5.41, 5.74) is -2.98. The van der Waals surface area contributed by atoms with Crippen LogP contribution in [0.1, 0.15) is 52.7 Å². The number of hydrogen-bond acceptors (Lipinski definition) is 7. The van der Waals surface area contributed by atoms with Crippen molar-refractivity contribution in [2.75, 3.05) is 0 Å². The minimum Gasteiger partial charge on any atom is -0.479 e. The van der Waals surface area contributed by atoms with Gasteiger partial charge in [0.05, 0.1) is 42.3 Å². The van der Waals surface area contributed by atoms with Gasteiger partial charge in [0.15, 0.2) is 11.8 Å². The predicted octanol–water partition coefficient (Wildman–Crippen LogP) is 10.7. The van der Waals surface area contributed by atoms with E-state index in [-0.39, 0.29) is 49.0 Å². The number of benzene rings is 3. The van der Waals surface area contributed by atoms with Gasteiger partial charge in [-0.2, -0.15) is 31.4 Å². The highest BCUT2D eigenvalue weighted by Crippen LogP contribution is 2.41. The number of carbonyl (C=O) groups excluding carboxylic acids is 2. The average Bonchev–Trinajstić information content (AvgIpc) is 3.31. The zero-order valence-electron chi connectivity index (χ0n) is 26.7. The molecular formula is C32H23BrCl3F7N2O7. The second kappa shape index (κ2) is 16.7. The molecule has 4 aromatic rings. The van der Waals surface area contributed by atoms with Gasteiger partial charge in [0.2, 0.25) is 0 Å². The molecule has 0 bridgehead atoms. The van der Waals surface area contributed by atoms with Crippen molar-refractivity contribution in [2.45, 2.75) is 45.3 Å². The molecule has 0 aliphatic carbocycles. The first-order valence-electron chi connectivity index (χ1n) is 14.2. The summed E-state index contributed by atoms with van der Waals surface area (Å²) in [5.74, 6) is -4.12. The Labute approximate surface area is 313 Å². The summed E-state index contributed by atoms with van der Waals surface area (Å²) in [7, 11) is 1.08. The quantitative estimate of drug-likeness (QED) is 0.137. The van der Waals surface area contributed by atoms with E-state index < -0.39 is 64.0 Å². The van der Waals surface area contributed by atoms with Crippen LogP contribution >= 0.6 is 50.7 Å². The summed E-state index contributed by atoms with van der Waals surface area (Å²) >= 11 is 20.4. The third-order valence-electron chi connectivity index (χ3n) is 6.41. The van der Waals surface area contributed by atoms with Gasteiger partial charge in [-0.1, -0.05) is 34.8 Å². The normalized spacial score (nSPS) is 12.2. The molecule has 0 saturated heterocycles. The highest BCUT2D eigenvalue weighted by Gasteiger charge is 2.39. The predicted molar refractivity (Wildman–Crippen MR) is 177 cm³/mol. The topological polar surface area (TPSA) is 117 Å². The van der Waals surface area contributed by atoms with E-state index in [1.165, 1.54) is 12.1 Å². The fourth-order valence-electron chi connectivity index (χ4n) is 4.03. The lowest BCUT2D eigenvalue weighted by Gasteiger charge is -2.13. The number of carboxylic acid groups (broad SMARTS) is 1. The largest absolute Gasteiger partial charge is 0.479 e. The smallest absolute Gasteiger partial charge is 0.434 e. The van der Waals surface area contributed by atoms with Crippen molar-refractivity contribution >= 4 is 68.6 Å². The number of carbonyl (C=O) groups is 3.